The third-order valence-electron chi connectivity index (χ3n) is 3.17. The van der Waals surface area contributed by atoms with Gasteiger partial charge in [-0.05, 0) is 35.4 Å². The van der Waals surface area contributed by atoms with Gasteiger partial charge in [0.05, 0.1) is 7.11 Å². The van der Waals surface area contributed by atoms with E-state index >= 15 is 0 Å². The fourth-order valence-electron chi connectivity index (χ4n) is 2.10. The molecule has 0 aromatic heterocycles. The zero-order valence-corrected chi connectivity index (χ0v) is 11.4. The lowest BCUT2D eigenvalue weighted by Crippen LogP contribution is -2.02. The van der Waals surface area contributed by atoms with Gasteiger partial charge >= 0.3 is 0 Å². The number of rotatable bonds is 5. The molecule has 94 valence electrons. The molecule has 0 saturated carbocycles. The molecule has 1 aromatic rings. The van der Waals surface area contributed by atoms with Crippen molar-refractivity contribution in [1.29, 1.82) is 0 Å². The van der Waals surface area contributed by atoms with Gasteiger partial charge in [-0.3, -0.25) is 0 Å². The van der Waals surface area contributed by atoms with Crippen molar-refractivity contribution in [2.75, 3.05) is 7.11 Å². The topological polar surface area (TPSA) is 26.3 Å². The average molecular weight is 234 g/mol. The molecule has 0 aliphatic rings. The number of aryl methyl sites for hydroxylation is 1. The highest BCUT2D eigenvalue weighted by atomic mass is 16.5. The Labute approximate surface area is 104 Å². The standard InChI is InChI=1S/C15H22O2/c1-10(2)14-9-13(11(3)6-7-16)8-12(4)15(14)17-5/h7-11H,6H2,1-5H3. The van der Waals surface area contributed by atoms with E-state index in [0.29, 0.717) is 12.3 Å². The highest BCUT2D eigenvalue weighted by Gasteiger charge is 2.14. The van der Waals surface area contributed by atoms with Gasteiger partial charge in [-0.2, -0.15) is 0 Å². The summed E-state index contributed by atoms with van der Waals surface area (Å²) < 4.78 is 5.46. The van der Waals surface area contributed by atoms with Crippen LogP contribution in [-0.2, 0) is 4.79 Å². The van der Waals surface area contributed by atoms with Crippen molar-refractivity contribution >= 4 is 6.29 Å². The Morgan fingerprint density at radius 1 is 1.29 bits per heavy atom. The second-order valence-corrected chi connectivity index (χ2v) is 4.92. The van der Waals surface area contributed by atoms with Crippen LogP contribution in [-0.4, -0.2) is 13.4 Å². The Morgan fingerprint density at radius 3 is 2.41 bits per heavy atom. The quantitative estimate of drug-likeness (QED) is 0.724. The highest BCUT2D eigenvalue weighted by molar-refractivity contribution is 5.53. The summed E-state index contributed by atoms with van der Waals surface area (Å²) in [5, 5.41) is 0. The second-order valence-electron chi connectivity index (χ2n) is 4.92. The second kappa shape index (κ2) is 5.85. The molecule has 0 saturated heterocycles. The van der Waals surface area contributed by atoms with E-state index in [9.17, 15) is 4.79 Å². The minimum atomic E-state index is 0.273. The maximum absolute atomic E-state index is 10.6. The van der Waals surface area contributed by atoms with E-state index in [1.54, 1.807) is 7.11 Å². The van der Waals surface area contributed by atoms with Crippen molar-refractivity contribution < 1.29 is 9.53 Å². The van der Waals surface area contributed by atoms with E-state index in [-0.39, 0.29) is 5.92 Å². The first kappa shape index (κ1) is 13.8. The minimum Gasteiger partial charge on any atom is -0.496 e. The van der Waals surface area contributed by atoms with Gasteiger partial charge in [0.1, 0.15) is 12.0 Å². The van der Waals surface area contributed by atoms with Crippen LogP contribution in [0.5, 0.6) is 5.75 Å². The summed E-state index contributed by atoms with van der Waals surface area (Å²) in [5.41, 5.74) is 3.59. The van der Waals surface area contributed by atoms with Crippen molar-refractivity contribution in [3.63, 3.8) is 0 Å². The lowest BCUT2D eigenvalue weighted by molar-refractivity contribution is -0.108. The van der Waals surface area contributed by atoms with Crippen LogP contribution >= 0.6 is 0 Å². The number of carbonyl (C=O) groups is 1. The van der Waals surface area contributed by atoms with E-state index in [1.165, 1.54) is 11.1 Å². The van der Waals surface area contributed by atoms with Crippen molar-refractivity contribution in [3.05, 3.63) is 28.8 Å². The Hall–Kier alpha value is -1.31. The van der Waals surface area contributed by atoms with E-state index in [1.807, 2.05) is 0 Å². The number of methoxy groups -OCH3 is 1. The molecule has 0 N–H and O–H groups in total. The van der Waals surface area contributed by atoms with Gasteiger partial charge in [-0.15, -0.1) is 0 Å². The number of benzene rings is 1. The summed E-state index contributed by atoms with van der Waals surface area (Å²) in [6.07, 6.45) is 1.56. The van der Waals surface area contributed by atoms with Crippen LogP contribution < -0.4 is 4.74 Å². The van der Waals surface area contributed by atoms with Crippen LogP contribution in [0.4, 0.5) is 0 Å². The molecule has 17 heavy (non-hydrogen) atoms. The first-order valence-electron chi connectivity index (χ1n) is 6.13. The number of ether oxygens (including phenoxy) is 1. The SMILES string of the molecule is COc1c(C)cc(C(C)CC=O)cc1C(C)C. The Balaban J connectivity index is 3.23. The van der Waals surface area contributed by atoms with E-state index in [2.05, 4.69) is 39.8 Å². The van der Waals surface area contributed by atoms with Gasteiger partial charge in [0, 0.05) is 6.42 Å². The van der Waals surface area contributed by atoms with Crippen LogP contribution in [0, 0.1) is 6.92 Å². The van der Waals surface area contributed by atoms with Crippen molar-refractivity contribution in [2.24, 2.45) is 0 Å². The fraction of sp³-hybridized carbons (Fsp3) is 0.533. The van der Waals surface area contributed by atoms with Gasteiger partial charge < -0.3 is 9.53 Å². The molecule has 0 bridgehead atoms. The molecular weight excluding hydrogens is 212 g/mol. The van der Waals surface area contributed by atoms with E-state index < -0.39 is 0 Å². The summed E-state index contributed by atoms with van der Waals surface area (Å²) in [4.78, 5) is 10.6. The number of hydrogen-bond donors (Lipinski definition) is 0. The minimum absolute atomic E-state index is 0.273. The smallest absolute Gasteiger partial charge is 0.125 e. The molecule has 2 heteroatoms. The summed E-state index contributed by atoms with van der Waals surface area (Å²) >= 11 is 0. The molecule has 1 atom stereocenters. The number of hydrogen-bond acceptors (Lipinski definition) is 2. The largest absolute Gasteiger partial charge is 0.496 e. The monoisotopic (exact) mass is 234 g/mol. The molecule has 2 nitrogen and oxygen atoms in total. The van der Waals surface area contributed by atoms with E-state index in [0.717, 1.165) is 17.6 Å². The number of aldehydes is 1. The third-order valence-corrected chi connectivity index (χ3v) is 3.17. The van der Waals surface area contributed by atoms with Crippen molar-refractivity contribution in [1.82, 2.24) is 0 Å². The first-order chi connectivity index (χ1) is 8.01. The normalized spacial score (nSPS) is 12.6. The van der Waals surface area contributed by atoms with Gasteiger partial charge in [0.2, 0.25) is 0 Å². The third kappa shape index (κ3) is 3.09. The molecular formula is C15H22O2. The van der Waals surface area contributed by atoms with Crippen LogP contribution in [0.2, 0.25) is 0 Å². The van der Waals surface area contributed by atoms with Crippen molar-refractivity contribution in [2.45, 2.75) is 46.0 Å². The summed E-state index contributed by atoms with van der Waals surface area (Å²) in [7, 11) is 1.71. The van der Waals surface area contributed by atoms with Crippen LogP contribution in [0.15, 0.2) is 12.1 Å². The van der Waals surface area contributed by atoms with Crippen LogP contribution in [0.3, 0.4) is 0 Å². The van der Waals surface area contributed by atoms with Gasteiger partial charge in [-0.25, -0.2) is 0 Å². The average Bonchev–Trinajstić information content (AvgIpc) is 2.28. The zero-order valence-electron chi connectivity index (χ0n) is 11.4. The predicted molar refractivity (Wildman–Crippen MR) is 70.9 cm³/mol. The number of carbonyl (C=O) groups excluding carboxylic acids is 1. The van der Waals surface area contributed by atoms with Crippen LogP contribution in [0.1, 0.15) is 55.7 Å². The zero-order chi connectivity index (χ0) is 13.0. The van der Waals surface area contributed by atoms with Gasteiger partial charge in [0.15, 0.2) is 0 Å². The molecule has 0 aliphatic carbocycles. The Kier molecular flexibility index (Phi) is 4.73. The first-order valence-corrected chi connectivity index (χ1v) is 6.13. The fourth-order valence-corrected chi connectivity index (χ4v) is 2.10. The molecule has 0 spiro atoms. The Morgan fingerprint density at radius 2 is 1.94 bits per heavy atom. The molecule has 1 aromatic carbocycles. The molecule has 0 heterocycles. The Bertz CT molecular complexity index is 394. The van der Waals surface area contributed by atoms with Gasteiger partial charge in [0.25, 0.3) is 0 Å². The molecule has 0 fully saturated rings. The maximum atomic E-state index is 10.6. The molecule has 1 unspecified atom stereocenters. The molecule has 0 amide bonds. The summed E-state index contributed by atoms with van der Waals surface area (Å²) in [6.45, 7) is 8.46. The van der Waals surface area contributed by atoms with Crippen molar-refractivity contribution in [3.8, 4) is 5.75 Å². The maximum Gasteiger partial charge on any atom is 0.125 e. The van der Waals surface area contributed by atoms with Gasteiger partial charge in [-0.1, -0.05) is 32.9 Å². The summed E-state index contributed by atoms with van der Waals surface area (Å²) in [5.74, 6) is 1.67. The lowest BCUT2D eigenvalue weighted by atomic mass is 9.90. The van der Waals surface area contributed by atoms with Crippen LogP contribution in [0.25, 0.3) is 0 Å². The highest BCUT2D eigenvalue weighted by Crippen LogP contribution is 2.33. The summed E-state index contributed by atoms with van der Waals surface area (Å²) in [6, 6.07) is 4.30. The predicted octanol–water partition coefficient (Wildman–Crippen LogP) is 3.82. The van der Waals surface area contributed by atoms with E-state index in [4.69, 9.17) is 4.74 Å². The molecule has 1 rings (SSSR count). The lowest BCUT2D eigenvalue weighted by Gasteiger charge is -2.18. The molecule has 0 aliphatic heterocycles. The molecule has 0 radical (unpaired) electrons.